The minimum absolute atomic E-state index is 0.0764. The SMILES string of the molecule is C/C=C/C(=O)OCCNC(C)(C)C. The standard InChI is InChI=1S/C10H19NO2/c1-5-6-9(12)13-8-7-11-10(2,3)4/h5-6,11H,7-8H2,1-4H3/b6-5+. The first-order chi connectivity index (χ1) is 5.95. The van der Waals surface area contributed by atoms with Crippen molar-refractivity contribution in [2.45, 2.75) is 33.2 Å². The minimum Gasteiger partial charge on any atom is -0.461 e. The molecule has 76 valence electrons. The molecule has 0 atom stereocenters. The zero-order chi connectivity index (χ0) is 10.3. The Morgan fingerprint density at radius 1 is 1.46 bits per heavy atom. The molecule has 0 aliphatic rings. The molecule has 0 fully saturated rings. The summed E-state index contributed by atoms with van der Waals surface area (Å²) in [6.07, 6.45) is 3.08. The zero-order valence-electron chi connectivity index (χ0n) is 8.89. The van der Waals surface area contributed by atoms with Crippen LogP contribution in [-0.2, 0) is 9.53 Å². The molecule has 0 aromatic carbocycles. The molecule has 0 radical (unpaired) electrons. The van der Waals surface area contributed by atoms with E-state index in [-0.39, 0.29) is 11.5 Å². The minimum atomic E-state index is -0.279. The summed E-state index contributed by atoms with van der Waals surface area (Å²) in [5.74, 6) is -0.279. The maximum absolute atomic E-state index is 10.8. The van der Waals surface area contributed by atoms with Gasteiger partial charge in [-0.25, -0.2) is 4.79 Å². The first-order valence-corrected chi connectivity index (χ1v) is 4.50. The molecule has 0 rings (SSSR count). The third kappa shape index (κ3) is 9.08. The van der Waals surface area contributed by atoms with E-state index >= 15 is 0 Å². The normalized spacial score (nSPS) is 12.0. The highest BCUT2D eigenvalue weighted by Crippen LogP contribution is 1.96. The molecule has 0 spiro atoms. The quantitative estimate of drug-likeness (QED) is 0.410. The molecule has 0 saturated carbocycles. The molecule has 13 heavy (non-hydrogen) atoms. The van der Waals surface area contributed by atoms with E-state index in [9.17, 15) is 4.79 Å². The fourth-order valence-electron chi connectivity index (χ4n) is 0.762. The number of nitrogens with one attached hydrogen (secondary N) is 1. The Morgan fingerprint density at radius 3 is 2.54 bits per heavy atom. The van der Waals surface area contributed by atoms with Crippen molar-refractivity contribution in [1.29, 1.82) is 0 Å². The van der Waals surface area contributed by atoms with Crippen molar-refractivity contribution in [3.05, 3.63) is 12.2 Å². The van der Waals surface area contributed by atoms with E-state index in [0.29, 0.717) is 13.2 Å². The Kier molecular flexibility index (Phi) is 5.39. The number of carbonyl (C=O) groups is 1. The number of carbonyl (C=O) groups excluding carboxylic acids is 1. The van der Waals surface area contributed by atoms with Gasteiger partial charge < -0.3 is 10.1 Å². The highest BCUT2D eigenvalue weighted by Gasteiger charge is 2.07. The summed E-state index contributed by atoms with van der Waals surface area (Å²) in [7, 11) is 0. The van der Waals surface area contributed by atoms with E-state index < -0.39 is 0 Å². The number of hydrogen-bond donors (Lipinski definition) is 1. The fourth-order valence-corrected chi connectivity index (χ4v) is 0.762. The van der Waals surface area contributed by atoms with Crippen LogP contribution in [0, 0.1) is 0 Å². The molecular weight excluding hydrogens is 166 g/mol. The Hall–Kier alpha value is -0.830. The van der Waals surface area contributed by atoms with Gasteiger partial charge in [0.1, 0.15) is 6.61 Å². The van der Waals surface area contributed by atoms with Gasteiger partial charge in [0.05, 0.1) is 0 Å². The van der Waals surface area contributed by atoms with Crippen LogP contribution in [0.15, 0.2) is 12.2 Å². The van der Waals surface area contributed by atoms with E-state index in [1.807, 2.05) is 0 Å². The highest BCUT2D eigenvalue weighted by molar-refractivity contribution is 5.81. The van der Waals surface area contributed by atoms with Gasteiger partial charge in [0, 0.05) is 18.2 Å². The lowest BCUT2D eigenvalue weighted by Gasteiger charge is -2.19. The molecule has 0 heterocycles. The molecule has 3 heteroatoms. The predicted octanol–water partition coefficient (Wildman–Crippen LogP) is 1.49. The van der Waals surface area contributed by atoms with Crippen molar-refractivity contribution in [2.24, 2.45) is 0 Å². The summed E-state index contributed by atoms with van der Waals surface area (Å²) in [6.45, 7) is 9.10. The number of allylic oxidation sites excluding steroid dienone is 1. The Balaban J connectivity index is 3.41. The molecule has 0 aliphatic carbocycles. The van der Waals surface area contributed by atoms with Gasteiger partial charge in [0.15, 0.2) is 0 Å². The molecule has 1 N–H and O–H groups in total. The van der Waals surface area contributed by atoms with E-state index in [1.165, 1.54) is 6.08 Å². The van der Waals surface area contributed by atoms with Crippen molar-refractivity contribution in [3.63, 3.8) is 0 Å². The fraction of sp³-hybridized carbons (Fsp3) is 0.700. The first-order valence-electron chi connectivity index (χ1n) is 4.50. The van der Waals surface area contributed by atoms with E-state index in [0.717, 1.165) is 0 Å². The van der Waals surface area contributed by atoms with Gasteiger partial charge in [-0.2, -0.15) is 0 Å². The molecule has 0 bridgehead atoms. The smallest absolute Gasteiger partial charge is 0.330 e. The van der Waals surface area contributed by atoms with Crippen molar-refractivity contribution in [3.8, 4) is 0 Å². The maximum Gasteiger partial charge on any atom is 0.330 e. The average Bonchev–Trinajstić information content (AvgIpc) is 1.97. The van der Waals surface area contributed by atoms with Crippen LogP contribution in [0.3, 0.4) is 0 Å². The van der Waals surface area contributed by atoms with Gasteiger partial charge in [-0.3, -0.25) is 0 Å². The summed E-state index contributed by atoms with van der Waals surface area (Å²) >= 11 is 0. The van der Waals surface area contributed by atoms with Gasteiger partial charge in [0.25, 0.3) is 0 Å². The number of esters is 1. The van der Waals surface area contributed by atoms with Gasteiger partial charge in [-0.1, -0.05) is 6.08 Å². The Labute approximate surface area is 80.2 Å². The van der Waals surface area contributed by atoms with E-state index in [1.54, 1.807) is 13.0 Å². The number of hydrogen-bond acceptors (Lipinski definition) is 3. The Morgan fingerprint density at radius 2 is 2.08 bits per heavy atom. The third-order valence-electron chi connectivity index (χ3n) is 1.30. The number of rotatable bonds is 4. The van der Waals surface area contributed by atoms with Crippen molar-refractivity contribution in [1.82, 2.24) is 5.32 Å². The molecular formula is C10H19NO2. The van der Waals surface area contributed by atoms with E-state index in [2.05, 4.69) is 26.1 Å². The lowest BCUT2D eigenvalue weighted by molar-refractivity contribution is -0.137. The molecule has 0 unspecified atom stereocenters. The second-order valence-electron chi connectivity index (χ2n) is 3.84. The third-order valence-corrected chi connectivity index (χ3v) is 1.30. The molecule has 3 nitrogen and oxygen atoms in total. The molecule has 0 aliphatic heterocycles. The summed E-state index contributed by atoms with van der Waals surface area (Å²) in [6, 6.07) is 0. The number of ether oxygens (including phenoxy) is 1. The van der Waals surface area contributed by atoms with Crippen LogP contribution >= 0.6 is 0 Å². The van der Waals surface area contributed by atoms with Crippen molar-refractivity contribution in [2.75, 3.05) is 13.2 Å². The van der Waals surface area contributed by atoms with Crippen LogP contribution in [0.1, 0.15) is 27.7 Å². The zero-order valence-corrected chi connectivity index (χ0v) is 8.89. The van der Waals surface area contributed by atoms with Gasteiger partial charge in [-0.05, 0) is 27.7 Å². The van der Waals surface area contributed by atoms with Crippen molar-refractivity contribution >= 4 is 5.97 Å². The largest absolute Gasteiger partial charge is 0.461 e. The van der Waals surface area contributed by atoms with Gasteiger partial charge >= 0.3 is 5.97 Å². The summed E-state index contributed by atoms with van der Waals surface area (Å²) in [5.41, 5.74) is 0.0764. The highest BCUT2D eigenvalue weighted by atomic mass is 16.5. The maximum atomic E-state index is 10.8. The van der Waals surface area contributed by atoms with Crippen LogP contribution in [0.2, 0.25) is 0 Å². The monoisotopic (exact) mass is 185 g/mol. The molecule has 0 saturated heterocycles. The average molecular weight is 185 g/mol. The molecule has 0 aromatic rings. The topological polar surface area (TPSA) is 38.3 Å². The first kappa shape index (κ1) is 12.2. The Bertz CT molecular complexity index is 180. The summed E-state index contributed by atoms with van der Waals surface area (Å²) in [5, 5.41) is 3.22. The van der Waals surface area contributed by atoms with Crippen molar-refractivity contribution < 1.29 is 9.53 Å². The molecule has 0 aromatic heterocycles. The second-order valence-corrected chi connectivity index (χ2v) is 3.84. The van der Waals surface area contributed by atoms with Gasteiger partial charge in [0.2, 0.25) is 0 Å². The van der Waals surface area contributed by atoms with Gasteiger partial charge in [-0.15, -0.1) is 0 Å². The molecule has 0 amide bonds. The lowest BCUT2D eigenvalue weighted by Crippen LogP contribution is -2.38. The van der Waals surface area contributed by atoms with Crippen LogP contribution in [-0.4, -0.2) is 24.7 Å². The lowest BCUT2D eigenvalue weighted by atomic mass is 10.1. The summed E-state index contributed by atoms with van der Waals surface area (Å²) < 4.78 is 4.89. The predicted molar refractivity (Wildman–Crippen MR) is 53.5 cm³/mol. The second kappa shape index (κ2) is 5.75. The summed E-state index contributed by atoms with van der Waals surface area (Å²) in [4.78, 5) is 10.8. The van der Waals surface area contributed by atoms with Crippen LogP contribution in [0.25, 0.3) is 0 Å². The van der Waals surface area contributed by atoms with E-state index in [4.69, 9.17) is 4.74 Å². The van der Waals surface area contributed by atoms with Crippen LogP contribution < -0.4 is 5.32 Å². The van der Waals surface area contributed by atoms with Crippen LogP contribution in [0.4, 0.5) is 0 Å². The van der Waals surface area contributed by atoms with Crippen LogP contribution in [0.5, 0.6) is 0 Å².